The van der Waals surface area contributed by atoms with Crippen LogP contribution in [-0.4, -0.2) is 36.8 Å². The molecule has 2 rings (SSSR count). The zero-order valence-corrected chi connectivity index (χ0v) is 14.2. The van der Waals surface area contributed by atoms with E-state index >= 15 is 0 Å². The fourth-order valence-corrected chi connectivity index (χ4v) is 2.51. The summed E-state index contributed by atoms with van der Waals surface area (Å²) in [5, 5.41) is 25.4. The van der Waals surface area contributed by atoms with Crippen molar-refractivity contribution in [3.8, 4) is 11.5 Å². The lowest BCUT2D eigenvalue weighted by Crippen LogP contribution is -2.23. The summed E-state index contributed by atoms with van der Waals surface area (Å²) in [5.41, 5.74) is 2.15. The van der Waals surface area contributed by atoms with E-state index in [1.54, 1.807) is 19.2 Å². The molecule has 0 aliphatic carbocycles. The minimum atomic E-state index is -0.714. The fraction of sp³-hybridized carbons (Fsp3) is 0.316. The van der Waals surface area contributed by atoms with Crippen molar-refractivity contribution in [2.45, 2.75) is 18.9 Å². The van der Waals surface area contributed by atoms with Gasteiger partial charge in [-0.05, 0) is 54.8 Å². The van der Waals surface area contributed by atoms with Crippen molar-refractivity contribution in [1.82, 2.24) is 5.32 Å². The predicted molar refractivity (Wildman–Crippen MR) is 96.9 cm³/mol. The zero-order valence-electron chi connectivity index (χ0n) is 14.2. The number of phenolic OH excluding ortho intramolecular Hbond substituents is 1. The van der Waals surface area contributed by atoms with Crippen LogP contribution in [-0.2, 0) is 11.2 Å². The molecule has 0 saturated heterocycles. The van der Waals surface area contributed by atoms with Gasteiger partial charge in [-0.1, -0.05) is 18.2 Å². The number of hydrogen-bond donors (Lipinski definition) is 4. The number of aryl methyl sites for hydroxylation is 1. The van der Waals surface area contributed by atoms with E-state index in [2.05, 4.69) is 10.6 Å². The monoisotopic (exact) mass is 344 g/mol. The minimum absolute atomic E-state index is 0.0319. The topological polar surface area (TPSA) is 90.8 Å². The van der Waals surface area contributed by atoms with Crippen LogP contribution in [0.1, 0.15) is 23.7 Å². The van der Waals surface area contributed by atoms with E-state index in [0.29, 0.717) is 18.5 Å². The van der Waals surface area contributed by atoms with Crippen LogP contribution in [0.5, 0.6) is 11.5 Å². The third-order valence-corrected chi connectivity index (χ3v) is 3.94. The first kappa shape index (κ1) is 18.8. The fourth-order valence-electron chi connectivity index (χ4n) is 2.51. The van der Waals surface area contributed by atoms with E-state index in [9.17, 15) is 15.0 Å². The lowest BCUT2D eigenvalue weighted by molar-refractivity contribution is -0.105. The highest BCUT2D eigenvalue weighted by Gasteiger charge is 2.10. The summed E-state index contributed by atoms with van der Waals surface area (Å²) in [6, 6.07) is 12.6. The molecule has 0 bridgehead atoms. The number of amides is 1. The largest absolute Gasteiger partial charge is 0.506 e. The zero-order chi connectivity index (χ0) is 18.1. The molecule has 4 N–H and O–H groups in total. The second-order valence-corrected chi connectivity index (χ2v) is 5.71. The Labute approximate surface area is 147 Å². The minimum Gasteiger partial charge on any atom is -0.506 e. The summed E-state index contributed by atoms with van der Waals surface area (Å²) in [7, 11) is 1.65. The van der Waals surface area contributed by atoms with Gasteiger partial charge >= 0.3 is 0 Å². The Balaban J connectivity index is 1.73. The Kier molecular flexibility index (Phi) is 7.25. The molecule has 0 saturated carbocycles. The molecule has 0 aliphatic heterocycles. The van der Waals surface area contributed by atoms with E-state index in [-0.39, 0.29) is 11.4 Å². The highest BCUT2D eigenvalue weighted by atomic mass is 16.5. The maximum absolute atomic E-state index is 10.5. The van der Waals surface area contributed by atoms with E-state index in [1.807, 2.05) is 24.3 Å². The molecule has 1 amide bonds. The van der Waals surface area contributed by atoms with Crippen molar-refractivity contribution in [2.75, 3.05) is 25.5 Å². The van der Waals surface area contributed by atoms with Crippen LogP contribution >= 0.6 is 0 Å². The molecule has 2 aromatic rings. The second kappa shape index (κ2) is 9.66. The predicted octanol–water partition coefficient (Wildman–Crippen LogP) is 2.22. The number of anilines is 1. The molecule has 0 heterocycles. The molecule has 134 valence electrons. The SMILES string of the molecule is COc1ccc(CCCNC[C@H](O)c2ccc(O)c(NC=O)c2)cc1. The number of aliphatic hydroxyl groups is 1. The van der Waals surface area contributed by atoms with Gasteiger partial charge in [0, 0.05) is 6.54 Å². The molecule has 0 aliphatic rings. The van der Waals surface area contributed by atoms with E-state index in [4.69, 9.17) is 4.74 Å². The standard InChI is InChI=1S/C19H24N2O4/c1-25-16-7-4-14(5-8-16)3-2-10-20-12-19(24)15-6-9-18(23)17(11-15)21-13-22/h4-9,11,13,19-20,23-24H,2-3,10,12H2,1H3,(H,21,22)/t19-/m0/s1. The number of ether oxygens (including phenoxy) is 1. The van der Waals surface area contributed by atoms with Gasteiger partial charge in [0.15, 0.2) is 0 Å². The summed E-state index contributed by atoms with van der Waals surface area (Å²) < 4.78 is 5.13. The van der Waals surface area contributed by atoms with Crippen molar-refractivity contribution in [1.29, 1.82) is 0 Å². The molecule has 25 heavy (non-hydrogen) atoms. The van der Waals surface area contributed by atoms with Gasteiger partial charge < -0.3 is 25.6 Å². The quantitative estimate of drug-likeness (QED) is 0.301. The Morgan fingerprint density at radius 2 is 1.96 bits per heavy atom. The van der Waals surface area contributed by atoms with E-state index in [1.165, 1.54) is 11.6 Å². The Morgan fingerprint density at radius 1 is 1.20 bits per heavy atom. The van der Waals surface area contributed by atoms with Crippen molar-refractivity contribution in [3.63, 3.8) is 0 Å². The molecular formula is C19H24N2O4. The van der Waals surface area contributed by atoms with Gasteiger partial charge in [-0.15, -0.1) is 0 Å². The first-order valence-corrected chi connectivity index (χ1v) is 8.19. The Morgan fingerprint density at radius 3 is 2.64 bits per heavy atom. The maximum Gasteiger partial charge on any atom is 0.211 e. The van der Waals surface area contributed by atoms with Crippen LogP contribution in [0.25, 0.3) is 0 Å². The number of phenols is 1. The summed E-state index contributed by atoms with van der Waals surface area (Å²) in [6.45, 7) is 1.18. The highest BCUT2D eigenvalue weighted by Crippen LogP contribution is 2.26. The normalized spacial score (nSPS) is 11.8. The van der Waals surface area contributed by atoms with Crippen molar-refractivity contribution >= 4 is 12.1 Å². The van der Waals surface area contributed by atoms with Gasteiger partial charge in [0.25, 0.3) is 0 Å². The molecular weight excluding hydrogens is 320 g/mol. The Bertz CT molecular complexity index is 674. The number of methoxy groups -OCH3 is 1. The number of carbonyl (C=O) groups is 1. The number of rotatable bonds is 10. The van der Waals surface area contributed by atoms with E-state index < -0.39 is 6.10 Å². The average molecular weight is 344 g/mol. The average Bonchev–Trinajstić information content (AvgIpc) is 2.63. The van der Waals surface area contributed by atoms with Crippen LogP contribution in [0.15, 0.2) is 42.5 Å². The molecule has 0 spiro atoms. The maximum atomic E-state index is 10.5. The molecule has 1 atom stereocenters. The first-order valence-electron chi connectivity index (χ1n) is 8.19. The van der Waals surface area contributed by atoms with Gasteiger partial charge in [-0.25, -0.2) is 0 Å². The second-order valence-electron chi connectivity index (χ2n) is 5.71. The molecule has 0 radical (unpaired) electrons. The van der Waals surface area contributed by atoms with Gasteiger partial charge in [0.2, 0.25) is 6.41 Å². The van der Waals surface area contributed by atoms with Gasteiger partial charge in [0.05, 0.1) is 18.9 Å². The molecule has 6 heteroatoms. The summed E-state index contributed by atoms with van der Waals surface area (Å²) in [5.74, 6) is 0.817. The smallest absolute Gasteiger partial charge is 0.211 e. The Hall–Kier alpha value is -2.57. The third kappa shape index (κ3) is 5.77. The van der Waals surface area contributed by atoms with Gasteiger partial charge in [-0.2, -0.15) is 0 Å². The number of benzene rings is 2. The first-order chi connectivity index (χ1) is 12.1. The molecule has 0 unspecified atom stereocenters. The number of carbonyl (C=O) groups excluding carboxylic acids is 1. The molecule has 6 nitrogen and oxygen atoms in total. The van der Waals surface area contributed by atoms with Crippen molar-refractivity contribution in [2.24, 2.45) is 0 Å². The van der Waals surface area contributed by atoms with Crippen LogP contribution in [0.4, 0.5) is 5.69 Å². The summed E-state index contributed by atoms with van der Waals surface area (Å²) >= 11 is 0. The third-order valence-electron chi connectivity index (χ3n) is 3.94. The molecule has 0 aromatic heterocycles. The van der Waals surface area contributed by atoms with Crippen LogP contribution in [0, 0.1) is 0 Å². The van der Waals surface area contributed by atoms with Crippen LogP contribution in [0.2, 0.25) is 0 Å². The molecule has 0 fully saturated rings. The number of hydrogen-bond acceptors (Lipinski definition) is 5. The number of nitrogens with one attached hydrogen (secondary N) is 2. The lowest BCUT2D eigenvalue weighted by atomic mass is 10.1. The van der Waals surface area contributed by atoms with Crippen molar-refractivity contribution in [3.05, 3.63) is 53.6 Å². The van der Waals surface area contributed by atoms with Gasteiger partial charge in [-0.3, -0.25) is 4.79 Å². The lowest BCUT2D eigenvalue weighted by Gasteiger charge is -2.14. The number of aliphatic hydroxyl groups excluding tert-OH is 1. The van der Waals surface area contributed by atoms with Crippen LogP contribution < -0.4 is 15.4 Å². The van der Waals surface area contributed by atoms with Crippen molar-refractivity contribution < 1.29 is 19.7 Å². The summed E-state index contributed by atoms with van der Waals surface area (Å²) in [6.07, 6.45) is 1.67. The van der Waals surface area contributed by atoms with E-state index in [0.717, 1.165) is 25.1 Å². The highest BCUT2D eigenvalue weighted by molar-refractivity contribution is 5.75. The number of aromatic hydroxyl groups is 1. The van der Waals surface area contributed by atoms with Gasteiger partial charge in [0.1, 0.15) is 11.5 Å². The molecule has 2 aromatic carbocycles. The summed E-state index contributed by atoms with van der Waals surface area (Å²) in [4.78, 5) is 10.5. The van der Waals surface area contributed by atoms with Crippen LogP contribution in [0.3, 0.4) is 0 Å².